The third-order valence-electron chi connectivity index (χ3n) is 2.67. The van der Waals surface area contributed by atoms with Crippen molar-refractivity contribution in [3.05, 3.63) is 34.6 Å². The number of sulfonamides is 1. The van der Waals surface area contributed by atoms with Gasteiger partial charge in [0, 0.05) is 6.54 Å². The SMILES string of the molecule is CCCNCCCS(=O)(=O)NCc1ccc(F)c(Cl)c1. The largest absolute Gasteiger partial charge is 0.317 e. The third kappa shape index (κ3) is 6.65. The molecule has 0 atom stereocenters. The van der Waals surface area contributed by atoms with Crippen molar-refractivity contribution in [3.8, 4) is 0 Å². The van der Waals surface area contributed by atoms with Crippen molar-refractivity contribution in [2.45, 2.75) is 26.3 Å². The summed E-state index contributed by atoms with van der Waals surface area (Å²) >= 11 is 5.64. The average molecular weight is 323 g/mol. The molecule has 0 saturated heterocycles. The average Bonchev–Trinajstić information content (AvgIpc) is 2.40. The highest BCUT2D eigenvalue weighted by molar-refractivity contribution is 7.89. The summed E-state index contributed by atoms with van der Waals surface area (Å²) in [6.07, 6.45) is 1.58. The predicted molar refractivity (Wildman–Crippen MR) is 79.8 cm³/mol. The highest BCUT2D eigenvalue weighted by atomic mass is 35.5. The molecule has 0 heterocycles. The van der Waals surface area contributed by atoms with E-state index < -0.39 is 15.8 Å². The van der Waals surface area contributed by atoms with Crippen LogP contribution in [0.3, 0.4) is 0 Å². The van der Waals surface area contributed by atoms with E-state index >= 15 is 0 Å². The summed E-state index contributed by atoms with van der Waals surface area (Å²) in [6, 6.07) is 4.15. The van der Waals surface area contributed by atoms with Gasteiger partial charge in [0.05, 0.1) is 10.8 Å². The smallest absolute Gasteiger partial charge is 0.211 e. The van der Waals surface area contributed by atoms with Crippen molar-refractivity contribution in [1.29, 1.82) is 0 Å². The fourth-order valence-corrected chi connectivity index (χ4v) is 2.86. The van der Waals surface area contributed by atoms with Gasteiger partial charge in [-0.2, -0.15) is 0 Å². The minimum Gasteiger partial charge on any atom is -0.317 e. The van der Waals surface area contributed by atoms with Gasteiger partial charge < -0.3 is 5.32 Å². The van der Waals surface area contributed by atoms with Crippen LogP contribution in [-0.4, -0.2) is 27.3 Å². The number of rotatable bonds is 9. The summed E-state index contributed by atoms with van der Waals surface area (Å²) in [5.74, 6) is -0.446. The molecule has 1 aromatic carbocycles. The Bertz CT molecular complexity index is 523. The first-order valence-electron chi connectivity index (χ1n) is 6.56. The van der Waals surface area contributed by atoms with Gasteiger partial charge >= 0.3 is 0 Å². The molecule has 1 aromatic rings. The predicted octanol–water partition coefficient (Wildman–Crippen LogP) is 2.29. The van der Waals surface area contributed by atoms with Crippen LogP contribution in [0.5, 0.6) is 0 Å². The van der Waals surface area contributed by atoms with Crippen LogP contribution in [0.15, 0.2) is 18.2 Å². The second-order valence-electron chi connectivity index (χ2n) is 4.49. The lowest BCUT2D eigenvalue weighted by molar-refractivity contribution is 0.574. The molecule has 0 amide bonds. The lowest BCUT2D eigenvalue weighted by Crippen LogP contribution is -2.28. The van der Waals surface area contributed by atoms with Gasteiger partial charge in [-0.3, -0.25) is 0 Å². The Labute approximate surface area is 124 Å². The molecule has 0 aliphatic heterocycles. The maximum atomic E-state index is 13.0. The normalized spacial score (nSPS) is 11.8. The first-order valence-corrected chi connectivity index (χ1v) is 8.59. The van der Waals surface area contributed by atoms with Crippen LogP contribution < -0.4 is 10.0 Å². The summed E-state index contributed by atoms with van der Waals surface area (Å²) < 4.78 is 38.9. The molecular weight excluding hydrogens is 303 g/mol. The van der Waals surface area contributed by atoms with E-state index in [2.05, 4.69) is 17.0 Å². The van der Waals surface area contributed by atoms with E-state index in [0.29, 0.717) is 18.5 Å². The van der Waals surface area contributed by atoms with Crippen LogP contribution >= 0.6 is 11.6 Å². The maximum absolute atomic E-state index is 13.0. The van der Waals surface area contributed by atoms with Crippen molar-refractivity contribution in [2.24, 2.45) is 0 Å². The molecule has 1 rings (SSSR count). The van der Waals surface area contributed by atoms with Gasteiger partial charge in [-0.05, 0) is 43.6 Å². The summed E-state index contributed by atoms with van der Waals surface area (Å²) in [4.78, 5) is 0. The zero-order chi connectivity index (χ0) is 15.0. The van der Waals surface area contributed by atoms with Gasteiger partial charge in [0.15, 0.2) is 0 Å². The summed E-state index contributed by atoms with van der Waals surface area (Å²) in [5, 5.41) is 3.13. The van der Waals surface area contributed by atoms with Crippen molar-refractivity contribution in [2.75, 3.05) is 18.8 Å². The Hall–Kier alpha value is -0.690. The Balaban J connectivity index is 2.37. The Kier molecular flexibility index (Phi) is 7.43. The molecule has 0 aliphatic rings. The van der Waals surface area contributed by atoms with Crippen LogP contribution in [0.25, 0.3) is 0 Å². The lowest BCUT2D eigenvalue weighted by Gasteiger charge is -2.08. The molecule has 0 radical (unpaired) electrons. The topological polar surface area (TPSA) is 58.2 Å². The van der Waals surface area contributed by atoms with E-state index in [4.69, 9.17) is 11.6 Å². The van der Waals surface area contributed by atoms with E-state index in [1.165, 1.54) is 18.2 Å². The van der Waals surface area contributed by atoms with Crippen molar-refractivity contribution >= 4 is 21.6 Å². The summed E-state index contributed by atoms with van der Waals surface area (Å²) in [5.41, 5.74) is 0.629. The third-order valence-corrected chi connectivity index (χ3v) is 4.37. The Morgan fingerprint density at radius 2 is 2.05 bits per heavy atom. The number of benzene rings is 1. The van der Waals surface area contributed by atoms with Crippen molar-refractivity contribution < 1.29 is 12.8 Å². The molecule has 0 fully saturated rings. The quantitative estimate of drug-likeness (QED) is 0.686. The number of halogens is 2. The monoisotopic (exact) mass is 322 g/mol. The van der Waals surface area contributed by atoms with E-state index in [9.17, 15) is 12.8 Å². The molecule has 4 nitrogen and oxygen atoms in total. The molecule has 0 saturated carbocycles. The fourth-order valence-electron chi connectivity index (χ4n) is 1.60. The first kappa shape index (κ1) is 17.4. The van der Waals surface area contributed by atoms with E-state index in [1.54, 1.807) is 0 Å². The maximum Gasteiger partial charge on any atom is 0.211 e. The van der Waals surface area contributed by atoms with Crippen molar-refractivity contribution in [3.63, 3.8) is 0 Å². The van der Waals surface area contributed by atoms with Crippen LogP contribution in [0, 0.1) is 5.82 Å². The number of nitrogens with one attached hydrogen (secondary N) is 2. The van der Waals surface area contributed by atoms with Gasteiger partial charge in [0.2, 0.25) is 10.0 Å². The van der Waals surface area contributed by atoms with Gasteiger partial charge in [-0.1, -0.05) is 24.6 Å². The Morgan fingerprint density at radius 3 is 2.70 bits per heavy atom. The molecule has 114 valence electrons. The number of hydrogen-bond donors (Lipinski definition) is 2. The molecule has 20 heavy (non-hydrogen) atoms. The highest BCUT2D eigenvalue weighted by Gasteiger charge is 2.10. The number of hydrogen-bond acceptors (Lipinski definition) is 3. The molecular formula is C13H20ClFN2O2S. The van der Waals surface area contributed by atoms with E-state index in [-0.39, 0.29) is 17.3 Å². The fraction of sp³-hybridized carbons (Fsp3) is 0.538. The van der Waals surface area contributed by atoms with E-state index in [1.807, 2.05) is 0 Å². The second-order valence-corrected chi connectivity index (χ2v) is 6.83. The molecule has 0 aromatic heterocycles. The second kappa shape index (κ2) is 8.56. The minimum atomic E-state index is -3.32. The zero-order valence-corrected chi connectivity index (χ0v) is 13.0. The molecule has 0 bridgehead atoms. The summed E-state index contributed by atoms with van der Waals surface area (Å²) in [7, 11) is -3.32. The van der Waals surface area contributed by atoms with Gasteiger partial charge in [-0.25, -0.2) is 17.5 Å². The van der Waals surface area contributed by atoms with Gasteiger partial charge in [0.1, 0.15) is 5.82 Å². The van der Waals surface area contributed by atoms with Crippen LogP contribution in [0.1, 0.15) is 25.3 Å². The highest BCUT2D eigenvalue weighted by Crippen LogP contribution is 2.15. The lowest BCUT2D eigenvalue weighted by atomic mass is 10.2. The summed E-state index contributed by atoms with van der Waals surface area (Å²) in [6.45, 7) is 3.74. The molecule has 2 N–H and O–H groups in total. The van der Waals surface area contributed by atoms with Gasteiger partial charge in [0.25, 0.3) is 0 Å². The Morgan fingerprint density at radius 1 is 1.30 bits per heavy atom. The minimum absolute atomic E-state index is 0.00883. The van der Waals surface area contributed by atoms with Crippen LogP contribution in [0.2, 0.25) is 5.02 Å². The van der Waals surface area contributed by atoms with Crippen LogP contribution in [-0.2, 0) is 16.6 Å². The zero-order valence-electron chi connectivity index (χ0n) is 11.5. The van der Waals surface area contributed by atoms with Crippen LogP contribution in [0.4, 0.5) is 4.39 Å². The van der Waals surface area contributed by atoms with E-state index in [0.717, 1.165) is 13.0 Å². The molecule has 0 unspecified atom stereocenters. The first-order chi connectivity index (χ1) is 9.44. The molecule has 7 heteroatoms. The van der Waals surface area contributed by atoms with Crippen molar-refractivity contribution in [1.82, 2.24) is 10.0 Å². The molecule has 0 spiro atoms. The van der Waals surface area contributed by atoms with Gasteiger partial charge in [-0.15, -0.1) is 0 Å². The standard InChI is InChI=1S/C13H20ClFN2O2S/c1-2-6-16-7-3-8-20(18,19)17-10-11-4-5-13(15)12(14)9-11/h4-5,9,16-17H,2-3,6-8,10H2,1H3. The molecule has 0 aliphatic carbocycles.